The van der Waals surface area contributed by atoms with Crippen LogP contribution in [0.25, 0.3) is 11.0 Å². The number of aromatic nitrogens is 3. The van der Waals surface area contributed by atoms with E-state index in [4.69, 9.17) is 4.74 Å². The maximum atomic E-state index is 11.9. The molecule has 2 rings (SSSR count). The minimum absolute atomic E-state index is 0.0279. The number of anilines is 1. The number of carbonyl (C=O) groups excluding carboxylic acids is 1. The third-order valence-electron chi connectivity index (χ3n) is 3.39. The zero-order valence-corrected chi connectivity index (χ0v) is 14.2. The lowest BCUT2D eigenvalue weighted by molar-refractivity contribution is 0.0636. The highest BCUT2D eigenvalue weighted by molar-refractivity contribution is 5.88. The molecule has 1 aromatic carbocycles. The molecule has 1 amide bonds. The molecule has 0 saturated heterocycles. The lowest BCUT2D eigenvalue weighted by Gasteiger charge is -2.20. The molecule has 0 aliphatic carbocycles. The highest BCUT2D eigenvalue weighted by Gasteiger charge is 2.20. The van der Waals surface area contributed by atoms with Crippen LogP contribution in [0.1, 0.15) is 40.7 Å². The molecule has 0 bridgehead atoms. The van der Waals surface area contributed by atoms with Gasteiger partial charge in [-0.1, -0.05) is 19.1 Å². The maximum Gasteiger partial charge on any atom is 0.412 e. The van der Waals surface area contributed by atoms with E-state index in [-0.39, 0.29) is 18.6 Å². The van der Waals surface area contributed by atoms with E-state index in [1.807, 2.05) is 34.6 Å². The third kappa shape index (κ3) is 4.19. The van der Waals surface area contributed by atoms with E-state index in [0.717, 1.165) is 5.52 Å². The lowest BCUT2D eigenvalue weighted by atomic mass is 10.1. The van der Waals surface area contributed by atoms with Crippen LogP contribution in [0.2, 0.25) is 0 Å². The third-order valence-corrected chi connectivity index (χ3v) is 3.39. The summed E-state index contributed by atoms with van der Waals surface area (Å²) in [5.41, 5.74) is 1.50. The van der Waals surface area contributed by atoms with Gasteiger partial charge in [0.05, 0.1) is 18.2 Å². The van der Waals surface area contributed by atoms with Gasteiger partial charge in [-0.2, -0.15) is 0 Å². The fourth-order valence-electron chi connectivity index (χ4n) is 2.25. The van der Waals surface area contributed by atoms with Crippen LogP contribution in [0.15, 0.2) is 18.2 Å². The van der Waals surface area contributed by atoms with E-state index >= 15 is 0 Å². The Morgan fingerprint density at radius 3 is 2.65 bits per heavy atom. The number of aliphatic hydroxyl groups excluding tert-OH is 1. The summed E-state index contributed by atoms with van der Waals surface area (Å²) in [5.74, 6) is 0.201. The molecular formula is C16H24N4O3. The van der Waals surface area contributed by atoms with E-state index < -0.39 is 11.7 Å². The van der Waals surface area contributed by atoms with Crippen molar-refractivity contribution in [2.75, 3.05) is 11.9 Å². The van der Waals surface area contributed by atoms with Crippen LogP contribution < -0.4 is 5.32 Å². The van der Waals surface area contributed by atoms with Gasteiger partial charge < -0.3 is 9.84 Å². The van der Waals surface area contributed by atoms with Crippen molar-refractivity contribution in [3.8, 4) is 0 Å². The number of rotatable bonds is 4. The van der Waals surface area contributed by atoms with Crippen molar-refractivity contribution in [2.45, 2.75) is 46.3 Å². The van der Waals surface area contributed by atoms with Crippen LogP contribution >= 0.6 is 0 Å². The van der Waals surface area contributed by atoms with Crippen LogP contribution in [0.4, 0.5) is 10.5 Å². The zero-order valence-electron chi connectivity index (χ0n) is 14.2. The molecule has 7 nitrogen and oxygen atoms in total. The molecule has 1 atom stereocenters. The Labute approximate surface area is 135 Å². The monoisotopic (exact) mass is 320 g/mol. The van der Waals surface area contributed by atoms with E-state index in [9.17, 15) is 9.90 Å². The number of amides is 1. The number of fused-ring (bicyclic) bond motifs is 1. The van der Waals surface area contributed by atoms with Crippen LogP contribution in [0, 0.1) is 5.92 Å². The molecule has 0 aliphatic heterocycles. The Morgan fingerprint density at radius 2 is 2.09 bits per heavy atom. The summed E-state index contributed by atoms with van der Waals surface area (Å²) in [6.45, 7) is 9.42. The number of nitrogens with one attached hydrogen (secondary N) is 1. The molecule has 1 heterocycles. The second-order valence-electron chi connectivity index (χ2n) is 6.86. The van der Waals surface area contributed by atoms with Gasteiger partial charge in [-0.3, -0.25) is 5.32 Å². The Balaban J connectivity index is 2.29. The van der Waals surface area contributed by atoms with Gasteiger partial charge in [-0.25, -0.2) is 9.48 Å². The summed E-state index contributed by atoms with van der Waals surface area (Å²) in [5, 5.41) is 20.5. The van der Waals surface area contributed by atoms with Crippen molar-refractivity contribution in [3.05, 3.63) is 18.2 Å². The van der Waals surface area contributed by atoms with Gasteiger partial charge in [-0.05, 0) is 44.9 Å². The molecule has 1 unspecified atom stereocenters. The van der Waals surface area contributed by atoms with Crippen molar-refractivity contribution in [2.24, 2.45) is 5.92 Å². The molecule has 0 fully saturated rings. The first-order valence-corrected chi connectivity index (χ1v) is 7.67. The molecule has 7 heteroatoms. The summed E-state index contributed by atoms with van der Waals surface area (Å²) in [6.07, 6.45) is -0.515. The van der Waals surface area contributed by atoms with Gasteiger partial charge in [0.2, 0.25) is 0 Å². The molecule has 0 saturated carbocycles. The fourth-order valence-corrected chi connectivity index (χ4v) is 2.25. The predicted molar refractivity (Wildman–Crippen MR) is 88.3 cm³/mol. The van der Waals surface area contributed by atoms with Crippen LogP contribution in [0.5, 0.6) is 0 Å². The number of benzene rings is 1. The topological polar surface area (TPSA) is 89.3 Å². The van der Waals surface area contributed by atoms with Gasteiger partial charge in [0, 0.05) is 5.69 Å². The first-order chi connectivity index (χ1) is 10.7. The lowest BCUT2D eigenvalue weighted by Crippen LogP contribution is -2.27. The van der Waals surface area contributed by atoms with Gasteiger partial charge in [0.1, 0.15) is 11.1 Å². The molecular weight excluding hydrogens is 296 g/mol. The highest BCUT2D eigenvalue weighted by atomic mass is 16.6. The molecule has 0 spiro atoms. The molecule has 0 aliphatic rings. The van der Waals surface area contributed by atoms with Gasteiger partial charge >= 0.3 is 6.09 Å². The van der Waals surface area contributed by atoms with E-state index in [0.29, 0.717) is 11.2 Å². The van der Waals surface area contributed by atoms with Crippen molar-refractivity contribution in [1.29, 1.82) is 0 Å². The maximum absolute atomic E-state index is 11.9. The molecule has 23 heavy (non-hydrogen) atoms. The van der Waals surface area contributed by atoms with Gasteiger partial charge in [0.15, 0.2) is 0 Å². The fraction of sp³-hybridized carbons (Fsp3) is 0.562. The van der Waals surface area contributed by atoms with E-state index in [2.05, 4.69) is 15.6 Å². The molecule has 1 aromatic heterocycles. The number of hydrogen-bond acceptors (Lipinski definition) is 5. The Bertz CT molecular complexity index is 688. The summed E-state index contributed by atoms with van der Waals surface area (Å²) >= 11 is 0. The molecule has 2 aromatic rings. The molecule has 126 valence electrons. The largest absolute Gasteiger partial charge is 0.444 e. The summed E-state index contributed by atoms with van der Waals surface area (Å²) in [4.78, 5) is 11.9. The van der Waals surface area contributed by atoms with Gasteiger partial charge in [0.25, 0.3) is 0 Å². The quantitative estimate of drug-likeness (QED) is 0.904. The zero-order chi connectivity index (χ0) is 17.2. The highest BCUT2D eigenvalue weighted by Crippen LogP contribution is 2.24. The van der Waals surface area contributed by atoms with E-state index in [1.165, 1.54) is 0 Å². The Morgan fingerprint density at radius 1 is 1.39 bits per heavy atom. The van der Waals surface area contributed by atoms with Crippen molar-refractivity contribution >= 4 is 22.8 Å². The smallest absolute Gasteiger partial charge is 0.412 e. The van der Waals surface area contributed by atoms with Crippen LogP contribution in [0.3, 0.4) is 0 Å². The minimum Gasteiger partial charge on any atom is -0.444 e. The second-order valence-corrected chi connectivity index (χ2v) is 6.86. The van der Waals surface area contributed by atoms with Gasteiger partial charge in [-0.15, -0.1) is 5.10 Å². The summed E-state index contributed by atoms with van der Waals surface area (Å²) in [6, 6.07) is 5.14. The number of carbonyl (C=O) groups is 1. The standard InChI is InChI=1S/C16H24N4O3/c1-10(2)14(9-21)20-13-8-11(6-7-12(13)18-19-20)17-15(22)23-16(3,4)5/h6-8,10,14,21H,9H2,1-5H3,(H,17,22). The second kappa shape index (κ2) is 6.54. The first kappa shape index (κ1) is 17.2. The number of ether oxygens (including phenoxy) is 1. The Kier molecular flexibility index (Phi) is 4.89. The summed E-state index contributed by atoms with van der Waals surface area (Å²) < 4.78 is 6.94. The minimum atomic E-state index is -0.558. The summed E-state index contributed by atoms with van der Waals surface area (Å²) in [7, 11) is 0. The molecule has 0 radical (unpaired) electrons. The predicted octanol–water partition coefficient (Wildman–Crippen LogP) is 2.97. The van der Waals surface area contributed by atoms with Crippen molar-refractivity contribution < 1.29 is 14.6 Å². The Hall–Kier alpha value is -2.15. The van der Waals surface area contributed by atoms with Crippen LogP contribution in [-0.4, -0.2) is 38.4 Å². The number of nitrogens with zero attached hydrogens (tertiary/aromatic N) is 3. The SMILES string of the molecule is CC(C)C(CO)n1nnc2ccc(NC(=O)OC(C)(C)C)cc21. The average Bonchev–Trinajstić information content (AvgIpc) is 2.80. The number of hydrogen-bond donors (Lipinski definition) is 2. The van der Waals surface area contributed by atoms with Crippen molar-refractivity contribution in [1.82, 2.24) is 15.0 Å². The first-order valence-electron chi connectivity index (χ1n) is 7.67. The number of aliphatic hydroxyl groups is 1. The molecule has 2 N–H and O–H groups in total. The van der Waals surface area contributed by atoms with Crippen LogP contribution in [-0.2, 0) is 4.74 Å². The van der Waals surface area contributed by atoms with E-state index in [1.54, 1.807) is 22.9 Å². The normalized spacial score (nSPS) is 13.3. The average molecular weight is 320 g/mol. The van der Waals surface area contributed by atoms with Crippen molar-refractivity contribution in [3.63, 3.8) is 0 Å².